The summed E-state index contributed by atoms with van der Waals surface area (Å²) in [5.74, 6) is 1.71. The Morgan fingerprint density at radius 1 is 1.00 bits per heavy atom. The molecule has 0 bridgehead atoms. The molecule has 0 aliphatic rings. The number of benzene rings is 2. The molecule has 3 heteroatoms. The number of rotatable bonds is 7. The number of hydrogen-bond donors (Lipinski definition) is 1. The maximum absolute atomic E-state index is 5.82. The molecule has 0 aliphatic carbocycles. The van der Waals surface area contributed by atoms with Crippen molar-refractivity contribution in [1.29, 1.82) is 0 Å². The van der Waals surface area contributed by atoms with Crippen molar-refractivity contribution in [1.82, 2.24) is 5.32 Å². The summed E-state index contributed by atoms with van der Waals surface area (Å²) < 4.78 is 10.9. The first-order valence-corrected chi connectivity index (χ1v) is 6.82. The molecule has 0 saturated carbocycles. The van der Waals surface area contributed by atoms with Gasteiger partial charge in [0.15, 0.2) is 0 Å². The average Bonchev–Trinajstić information content (AvgIpc) is 2.47. The standard InChI is InChI=1S/C17H21NO2/c1-14(13-19-2)18-12-15-7-6-10-17(11-15)20-16-8-4-3-5-9-16/h3-11,14,18H,12-13H2,1-2H3. The second kappa shape index (κ2) is 7.68. The second-order valence-electron chi connectivity index (χ2n) is 4.80. The Kier molecular flexibility index (Phi) is 5.59. The van der Waals surface area contributed by atoms with Crippen LogP contribution < -0.4 is 10.1 Å². The molecule has 1 unspecified atom stereocenters. The van der Waals surface area contributed by atoms with Crippen LogP contribution in [0, 0.1) is 0 Å². The van der Waals surface area contributed by atoms with Crippen LogP contribution in [0.4, 0.5) is 0 Å². The van der Waals surface area contributed by atoms with Gasteiger partial charge in [0.05, 0.1) is 6.61 Å². The van der Waals surface area contributed by atoms with Crippen LogP contribution in [0.3, 0.4) is 0 Å². The highest BCUT2D eigenvalue weighted by Gasteiger charge is 2.02. The van der Waals surface area contributed by atoms with E-state index in [2.05, 4.69) is 24.4 Å². The predicted octanol–water partition coefficient (Wildman–Crippen LogP) is 3.60. The summed E-state index contributed by atoms with van der Waals surface area (Å²) in [6, 6.07) is 18.3. The van der Waals surface area contributed by atoms with Gasteiger partial charge in [0, 0.05) is 19.7 Å². The van der Waals surface area contributed by atoms with Gasteiger partial charge in [-0.15, -0.1) is 0 Å². The highest BCUT2D eigenvalue weighted by atomic mass is 16.5. The lowest BCUT2D eigenvalue weighted by Crippen LogP contribution is -2.29. The maximum atomic E-state index is 5.82. The quantitative estimate of drug-likeness (QED) is 0.834. The number of hydrogen-bond acceptors (Lipinski definition) is 3. The molecule has 2 rings (SSSR count). The van der Waals surface area contributed by atoms with Crippen LogP contribution in [-0.2, 0) is 11.3 Å². The molecule has 0 aromatic heterocycles. The monoisotopic (exact) mass is 271 g/mol. The van der Waals surface area contributed by atoms with Gasteiger partial charge in [0.25, 0.3) is 0 Å². The summed E-state index contributed by atoms with van der Waals surface area (Å²) >= 11 is 0. The van der Waals surface area contributed by atoms with Gasteiger partial charge in [-0.1, -0.05) is 30.3 Å². The summed E-state index contributed by atoms with van der Waals surface area (Å²) in [6.45, 7) is 3.62. The van der Waals surface area contributed by atoms with Gasteiger partial charge in [0.2, 0.25) is 0 Å². The molecule has 0 radical (unpaired) electrons. The summed E-state index contributed by atoms with van der Waals surface area (Å²) in [4.78, 5) is 0. The van der Waals surface area contributed by atoms with Crippen molar-refractivity contribution in [2.24, 2.45) is 0 Å². The molecular formula is C17H21NO2. The van der Waals surface area contributed by atoms with Crippen LogP contribution in [0.2, 0.25) is 0 Å². The number of ether oxygens (including phenoxy) is 2. The maximum Gasteiger partial charge on any atom is 0.127 e. The molecule has 20 heavy (non-hydrogen) atoms. The first-order chi connectivity index (χ1) is 9.78. The summed E-state index contributed by atoms with van der Waals surface area (Å²) in [5.41, 5.74) is 1.20. The van der Waals surface area contributed by atoms with Gasteiger partial charge in [-0.2, -0.15) is 0 Å². The SMILES string of the molecule is COCC(C)NCc1cccc(Oc2ccccc2)c1. The molecule has 0 spiro atoms. The molecule has 0 saturated heterocycles. The zero-order valence-electron chi connectivity index (χ0n) is 12.0. The number of nitrogens with one attached hydrogen (secondary N) is 1. The Labute approximate surface area is 120 Å². The minimum Gasteiger partial charge on any atom is -0.457 e. The highest BCUT2D eigenvalue weighted by molar-refractivity contribution is 5.33. The molecule has 2 aromatic rings. The van der Waals surface area contributed by atoms with Crippen molar-refractivity contribution in [2.45, 2.75) is 19.5 Å². The molecular weight excluding hydrogens is 250 g/mol. The molecule has 1 N–H and O–H groups in total. The third-order valence-corrected chi connectivity index (χ3v) is 2.95. The van der Waals surface area contributed by atoms with E-state index in [0.717, 1.165) is 18.0 Å². The van der Waals surface area contributed by atoms with E-state index >= 15 is 0 Å². The van der Waals surface area contributed by atoms with Gasteiger partial charge < -0.3 is 14.8 Å². The highest BCUT2D eigenvalue weighted by Crippen LogP contribution is 2.21. The minimum atomic E-state index is 0.332. The van der Waals surface area contributed by atoms with Crippen molar-refractivity contribution in [3.63, 3.8) is 0 Å². The van der Waals surface area contributed by atoms with Gasteiger partial charge >= 0.3 is 0 Å². The predicted molar refractivity (Wildman–Crippen MR) is 81.1 cm³/mol. The van der Waals surface area contributed by atoms with Crippen molar-refractivity contribution in [2.75, 3.05) is 13.7 Å². The largest absolute Gasteiger partial charge is 0.457 e. The smallest absolute Gasteiger partial charge is 0.127 e. The van der Waals surface area contributed by atoms with E-state index in [9.17, 15) is 0 Å². The minimum absolute atomic E-state index is 0.332. The van der Waals surface area contributed by atoms with Crippen LogP contribution in [0.25, 0.3) is 0 Å². The first-order valence-electron chi connectivity index (χ1n) is 6.82. The normalized spacial score (nSPS) is 12.1. The third-order valence-electron chi connectivity index (χ3n) is 2.95. The Balaban J connectivity index is 1.94. The number of para-hydroxylation sites is 1. The third kappa shape index (κ3) is 4.68. The van der Waals surface area contributed by atoms with Crippen molar-refractivity contribution < 1.29 is 9.47 Å². The topological polar surface area (TPSA) is 30.5 Å². The van der Waals surface area contributed by atoms with E-state index in [-0.39, 0.29) is 0 Å². The zero-order chi connectivity index (χ0) is 14.2. The molecule has 1 atom stereocenters. The number of methoxy groups -OCH3 is 1. The Morgan fingerprint density at radius 3 is 2.50 bits per heavy atom. The fourth-order valence-electron chi connectivity index (χ4n) is 1.94. The molecule has 3 nitrogen and oxygen atoms in total. The fraction of sp³-hybridized carbons (Fsp3) is 0.294. The van der Waals surface area contributed by atoms with Crippen LogP contribution in [0.5, 0.6) is 11.5 Å². The Bertz CT molecular complexity index is 513. The van der Waals surface area contributed by atoms with Gasteiger partial charge in [0.1, 0.15) is 11.5 Å². The molecule has 0 fully saturated rings. The average molecular weight is 271 g/mol. The van der Waals surface area contributed by atoms with Crippen LogP contribution >= 0.6 is 0 Å². The van der Waals surface area contributed by atoms with Crippen LogP contribution in [0.15, 0.2) is 54.6 Å². The van der Waals surface area contributed by atoms with Gasteiger partial charge in [-0.25, -0.2) is 0 Å². The van der Waals surface area contributed by atoms with Crippen LogP contribution in [0.1, 0.15) is 12.5 Å². The molecule has 0 heterocycles. The lowest BCUT2D eigenvalue weighted by Gasteiger charge is -2.13. The first kappa shape index (κ1) is 14.6. The van der Waals surface area contributed by atoms with Crippen LogP contribution in [-0.4, -0.2) is 19.8 Å². The zero-order valence-corrected chi connectivity index (χ0v) is 12.0. The fourth-order valence-corrected chi connectivity index (χ4v) is 1.94. The molecule has 106 valence electrons. The van der Waals surface area contributed by atoms with Gasteiger partial charge in [-0.05, 0) is 36.8 Å². The second-order valence-corrected chi connectivity index (χ2v) is 4.80. The van der Waals surface area contributed by atoms with E-state index in [0.29, 0.717) is 12.6 Å². The molecule has 0 aliphatic heterocycles. The Hall–Kier alpha value is -1.84. The summed E-state index contributed by atoms with van der Waals surface area (Å²) in [6.07, 6.45) is 0. The van der Waals surface area contributed by atoms with E-state index in [4.69, 9.17) is 9.47 Å². The van der Waals surface area contributed by atoms with Gasteiger partial charge in [-0.3, -0.25) is 0 Å². The van der Waals surface area contributed by atoms with Crippen molar-refractivity contribution in [3.05, 3.63) is 60.2 Å². The Morgan fingerprint density at radius 2 is 1.75 bits per heavy atom. The van der Waals surface area contributed by atoms with E-state index in [1.54, 1.807) is 7.11 Å². The lowest BCUT2D eigenvalue weighted by molar-refractivity contribution is 0.171. The summed E-state index contributed by atoms with van der Waals surface area (Å²) in [5, 5.41) is 3.41. The van der Waals surface area contributed by atoms with E-state index < -0.39 is 0 Å². The van der Waals surface area contributed by atoms with E-state index in [1.165, 1.54) is 5.56 Å². The van der Waals surface area contributed by atoms with E-state index in [1.807, 2.05) is 42.5 Å². The van der Waals surface area contributed by atoms with Crippen molar-refractivity contribution in [3.8, 4) is 11.5 Å². The molecule has 2 aromatic carbocycles. The lowest BCUT2D eigenvalue weighted by atomic mass is 10.2. The summed E-state index contributed by atoms with van der Waals surface area (Å²) in [7, 11) is 1.71. The molecule has 0 amide bonds. The van der Waals surface area contributed by atoms with Crippen molar-refractivity contribution >= 4 is 0 Å².